The van der Waals surface area contributed by atoms with Crippen LogP contribution in [0.3, 0.4) is 0 Å². The van der Waals surface area contributed by atoms with E-state index in [0.717, 1.165) is 0 Å². The Hall–Kier alpha value is -2.82. The van der Waals surface area contributed by atoms with Crippen molar-refractivity contribution in [3.8, 4) is 5.75 Å². The second kappa shape index (κ2) is 6.74. The van der Waals surface area contributed by atoms with E-state index >= 15 is 0 Å². The summed E-state index contributed by atoms with van der Waals surface area (Å²) in [5.41, 5.74) is 0.286. The third-order valence-corrected chi connectivity index (χ3v) is 4.09. The first-order valence-electron chi connectivity index (χ1n) is 8.05. The highest BCUT2D eigenvalue weighted by molar-refractivity contribution is 6.17. The van der Waals surface area contributed by atoms with Gasteiger partial charge in [-0.25, -0.2) is 0 Å². The molecule has 1 fully saturated rings. The molecule has 3 rings (SSSR count). The van der Waals surface area contributed by atoms with Crippen molar-refractivity contribution in [3.05, 3.63) is 54.6 Å². The topological polar surface area (TPSA) is 67.4 Å². The average Bonchev–Trinajstić information content (AvgIpc) is 3.40. The molecule has 0 atom stereocenters. The zero-order valence-electron chi connectivity index (χ0n) is 13.5. The van der Waals surface area contributed by atoms with Crippen LogP contribution in [0, 0.1) is 5.41 Å². The van der Waals surface area contributed by atoms with Crippen LogP contribution in [0.1, 0.15) is 19.8 Å². The van der Waals surface area contributed by atoms with Crippen LogP contribution < -0.4 is 15.4 Å². The second-order valence-electron chi connectivity index (χ2n) is 5.79. The molecule has 2 aromatic rings. The zero-order valence-corrected chi connectivity index (χ0v) is 13.5. The van der Waals surface area contributed by atoms with Crippen LogP contribution in [-0.4, -0.2) is 18.4 Å². The van der Waals surface area contributed by atoms with Gasteiger partial charge in [-0.2, -0.15) is 0 Å². The lowest BCUT2D eigenvalue weighted by Gasteiger charge is -2.17. The molecule has 1 aliphatic rings. The van der Waals surface area contributed by atoms with Crippen LogP contribution in [0.2, 0.25) is 0 Å². The second-order valence-corrected chi connectivity index (χ2v) is 5.79. The predicted octanol–water partition coefficient (Wildman–Crippen LogP) is 3.44. The van der Waals surface area contributed by atoms with Crippen LogP contribution in [0.15, 0.2) is 54.6 Å². The summed E-state index contributed by atoms with van der Waals surface area (Å²) in [6.45, 7) is 2.39. The summed E-state index contributed by atoms with van der Waals surface area (Å²) in [5, 5.41) is 5.66. The largest absolute Gasteiger partial charge is 0.492 e. The number of hydrogen-bond acceptors (Lipinski definition) is 3. The van der Waals surface area contributed by atoms with Gasteiger partial charge in [0.05, 0.1) is 12.3 Å². The Morgan fingerprint density at radius 3 is 2.25 bits per heavy atom. The molecule has 5 heteroatoms. The smallest absolute Gasteiger partial charge is 0.240 e. The van der Waals surface area contributed by atoms with Crippen molar-refractivity contribution in [1.82, 2.24) is 0 Å². The molecule has 0 bridgehead atoms. The van der Waals surface area contributed by atoms with Crippen LogP contribution in [0.5, 0.6) is 5.75 Å². The van der Waals surface area contributed by atoms with Crippen molar-refractivity contribution >= 4 is 23.2 Å². The van der Waals surface area contributed by atoms with E-state index in [9.17, 15) is 9.59 Å². The van der Waals surface area contributed by atoms with E-state index in [1.165, 1.54) is 0 Å². The molecule has 0 spiro atoms. The first kappa shape index (κ1) is 16.1. The summed E-state index contributed by atoms with van der Waals surface area (Å²) < 4.78 is 5.51. The van der Waals surface area contributed by atoms with Crippen molar-refractivity contribution in [1.29, 1.82) is 0 Å². The Morgan fingerprint density at radius 2 is 1.58 bits per heavy atom. The molecule has 0 radical (unpaired) electrons. The van der Waals surface area contributed by atoms with Crippen LogP contribution >= 0.6 is 0 Å². The number of hydrogen-bond donors (Lipinski definition) is 2. The molecule has 0 unspecified atom stereocenters. The fourth-order valence-electron chi connectivity index (χ4n) is 2.55. The average molecular weight is 324 g/mol. The first-order chi connectivity index (χ1) is 11.7. The lowest BCUT2D eigenvalue weighted by atomic mass is 10.0. The summed E-state index contributed by atoms with van der Waals surface area (Å²) in [6.07, 6.45) is 1.10. The van der Waals surface area contributed by atoms with Gasteiger partial charge >= 0.3 is 0 Å². The van der Waals surface area contributed by atoms with Crippen LogP contribution in [-0.2, 0) is 9.59 Å². The highest BCUT2D eigenvalue weighted by atomic mass is 16.5. The fourth-order valence-corrected chi connectivity index (χ4v) is 2.55. The highest BCUT2D eigenvalue weighted by Crippen LogP contribution is 2.47. The molecule has 2 amide bonds. The molecule has 1 saturated carbocycles. The van der Waals surface area contributed by atoms with Gasteiger partial charge in [-0.3, -0.25) is 9.59 Å². The molecular formula is C19H20N2O3. The molecule has 24 heavy (non-hydrogen) atoms. The lowest BCUT2D eigenvalue weighted by Crippen LogP contribution is -2.35. The quantitative estimate of drug-likeness (QED) is 0.800. The number of para-hydroxylation sites is 3. The van der Waals surface area contributed by atoms with Crippen molar-refractivity contribution < 1.29 is 14.3 Å². The van der Waals surface area contributed by atoms with E-state index in [1.807, 2.05) is 37.3 Å². The van der Waals surface area contributed by atoms with E-state index < -0.39 is 5.41 Å². The monoisotopic (exact) mass is 324 g/mol. The normalized spacial score (nSPS) is 14.5. The maximum atomic E-state index is 12.7. The molecule has 2 N–H and O–H groups in total. The minimum absolute atomic E-state index is 0.264. The SMILES string of the molecule is CCOc1ccccc1NC(=O)C1(C(=O)Nc2ccccc2)CC1. The lowest BCUT2D eigenvalue weighted by molar-refractivity contribution is -0.131. The Morgan fingerprint density at radius 1 is 0.958 bits per heavy atom. The third kappa shape index (κ3) is 3.25. The minimum atomic E-state index is -0.991. The highest BCUT2D eigenvalue weighted by Gasteiger charge is 2.56. The number of ether oxygens (including phenoxy) is 1. The van der Waals surface area contributed by atoms with E-state index in [4.69, 9.17) is 4.74 Å². The van der Waals surface area contributed by atoms with Crippen molar-refractivity contribution in [2.24, 2.45) is 5.41 Å². The summed E-state index contributed by atoms with van der Waals surface area (Å²) in [7, 11) is 0. The molecule has 124 valence electrons. The molecule has 0 aliphatic heterocycles. The summed E-state index contributed by atoms with van der Waals surface area (Å²) in [5.74, 6) is 0.0517. The van der Waals surface area contributed by atoms with Gasteiger partial charge in [0.15, 0.2) is 0 Å². The summed E-state index contributed by atoms with van der Waals surface area (Å²) >= 11 is 0. The minimum Gasteiger partial charge on any atom is -0.492 e. The summed E-state index contributed by atoms with van der Waals surface area (Å²) in [4.78, 5) is 25.2. The number of anilines is 2. The van der Waals surface area contributed by atoms with Gasteiger partial charge in [-0.05, 0) is 44.0 Å². The van der Waals surface area contributed by atoms with Crippen molar-refractivity contribution in [2.75, 3.05) is 17.2 Å². The molecule has 2 aromatic carbocycles. The number of nitrogens with one attached hydrogen (secondary N) is 2. The molecule has 0 aromatic heterocycles. The molecule has 0 heterocycles. The Bertz CT molecular complexity index is 739. The van der Waals surface area contributed by atoms with E-state index in [-0.39, 0.29) is 11.8 Å². The molecule has 1 aliphatic carbocycles. The third-order valence-electron chi connectivity index (χ3n) is 4.09. The van der Waals surface area contributed by atoms with Gasteiger partial charge in [-0.15, -0.1) is 0 Å². The number of carbonyl (C=O) groups is 2. The molecule has 5 nitrogen and oxygen atoms in total. The van der Waals surface area contributed by atoms with Gasteiger partial charge in [-0.1, -0.05) is 30.3 Å². The van der Waals surface area contributed by atoms with Gasteiger partial charge in [0, 0.05) is 5.69 Å². The maximum absolute atomic E-state index is 12.7. The number of rotatable bonds is 6. The Balaban J connectivity index is 1.71. The van der Waals surface area contributed by atoms with Crippen LogP contribution in [0.25, 0.3) is 0 Å². The molecular weight excluding hydrogens is 304 g/mol. The van der Waals surface area contributed by atoms with Crippen LogP contribution in [0.4, 0.5) is 11.4 Å². The maximum Gasteiger partial charge on any atom is 0.240 e. The Labute approximate surface area is 141 Å². The zero-order chi connectivity index (χ0) is 17.0. The number of amides is 2. The molecule has 0 saturated heterocycles. The fraction of sp³-hybridized carbons (Fsp3) is 0.263. The predicted molar refractivity (Wildman–Crippen MR) is 93.0 cm³/mol. The first-order valence-corrected chi connectivity index (χ1v) is 8.05. The van der Waals surface area contributed by atoms with E-state index in [0.29, 0.717) is 36.6 Å². The van der Waals surface area contributed by atoms with Gasteiger partial charge < -0.3 is 15.4 Å². The van der Waals surface area contributed by atoms with Gasteiger partial charge in [0.1, 0.15) is 11.2 Å². The van der Waals surface area contributed by atoms with Gasteiger partial charge in [0.25, 0.3) is 0 Å². The van der Waals surface area contributed by atoms with E-state index in [1.54, 1.807) is 24.3 Å². The van der Waals surface area contributed by atoms with Crippen molar-refractivity contribution in [3.63, 3.8) is 0 Å². The van der Waals surface area contributed by atoms with Crippen molar-refractivity contribution in [2.45, 2.75) is 19.8 Å². The van der Waals surface area contributed by atoms with E-state index in [2.05, 4.69) is 10.6 Å². The van der Waals surface area contributed by atoms with Gasteiger partial charge in [0.2, 0.25) is 11.8 Å². The summed E-state index contributed by atoms with van der Waals surface area (Å²) in [6, 6.07) is 16.4. The number of carbonyl (C=O) groups excluding carboxylic acids is 2. The standard InChI is InChI=1S/C19H20N2O3/c1-2-24-16-11-7-6-10-15(16)21-18(23)19(12-13-19)17(22)20-14-8-4-3-5-9-14/h3-11H,2,12-13H2,1H3,(H,20,22)(H,21,23). The Kier molecular flexibility index (Phi) is 4.51. The number of benzene rings is 2.